The summed E-state index contributed by atoms with van der Waals surface area (Å²) in [6.45, 7) is 6.46. The highest BCUT2D eigenvalue weighted by atomic mass is 16.5. The zero-order valence-corrected chi connectivity index (χ0v) is 12.7. The highest BCUT2D eigenvalue weighted by molar-refractivity contribution is 6.04. The predicted molar refractivity (Wildman–Crippen MR) is 74.0 cm³/mol. The molecule has 112 valence electrons. The lowest BCUT2D eigenvalue weighted by Crippen LogP contribution is -2.60. The van der Waals surface area contributed by atoms with Gasteiger partial charge in [-0.1, -0.05) is 33.6 Å². The number of unbranched alkanes of at least 4 members (excludes halogenated alkanes) is 2. The van der Waals surface area contributed by atoms with Gasteiger partial charge in [-0.2, -0.15) is 0 Å². The number of aliphatic carboxylic acids is 1. The van der Waals surface area contributed by atoms with Crippen LogP contribution in [0.4, 0.5) is 0 Å². The molecule has 0 heterocycles. The number of rotatable bonds is 9. The zero-order valence-electron chi connectivity index (χ0n) is 12.7. The summed E-state index contributed by atoms with van der Waals surface area (Å²) in [6.07, 6.45) is 3.19. The number of carboxylic acids is 1. The monoisotopic (exact) mass is 273 g/mol. The molecule has 19 heavy (non-hydrogen) atoms. The number of esters is 1. The van der Waals surface area contributed by atoms with Crippen LogP contribution in [-0.4, -0.2) is 48.2 Å². The van der Waals surface area contributed by atoms with Gasteiger partial charge in [0.15, 0.2) is 0 Å². The number of likely N-dealkylation sites (N-methyl/N-ethyl adjacent to an activating group) is 1. The quantitative estimate of drug-likeness (QED) is 0.396. The SMILES string of the molecule is CCCCCN(C)C(CC(C)C)(C(=O)O)C(=O)OC. The van der Waals surface area contributed by atoms with Gasteiger partial charge >= 0.3 is 11.9 Å². The van der Waals surface area contributed by atoms with Crippen LogP contribution in [0, 0.1) is 5.92 Å². The van der Waals surface area contributed by atoms with Gasteiger partial charge in [0.05, 0.1) is 7.11 Å². The number of nitrogens with zero attached hydrogens (tertiary/aromatic N) is 1. The Hall–Kier alpha value is -1.10. The third-order valence-electron chi connectivity index (χ3n) is 3.33. The fourth-order valence-corrected chi connectivity index (χ4v) is 2.28. The fourth-order valence-electron chi connectivity index (χ4n) is 2.28. The van der Waals surface area contributed by atoms with E-state index in [2.05, 4.69) is 6.92 Å². The molecule has 1 unspecified atom stereocenters. The lowest BCUT2D eigenvalue weighted by Gasteiger charge is -2.36. The van der Waals surface area contributed by atoms with Gasteiger partial charge in [0.25, 0.3) is 0 Å². The number of ether oxygens (including phenoxy) is 1. The Bertz CT molecular complexity index is 304. The molecule has 0 radical (unpaired) electrons. The van der Waals surface area contributed by atoms with E-state index < -0.39 is 17.5 Å². The summed E-state index contributed by atoms with van der Waals surface area (Å²) in [5, 5.41) is 9.56. The summed E-state index contributed by atoms with van der Waals surface area (Å²) in [5.41, 5.74) is -1.57. The predicted octanol–water partition coefficient (Wildman–Crippen LogP) is 2.15. The number of carbonyl (C=O) groups is 2. The summed E-state index contributed by atoms with van der Waals surface area (Å²) in [7, 11) is 2.92. The van der Waals surface area contributed by atoms with Crippen LogP contribution in [0.5, 0.6) is 0 Å². The van der Waals surface area contributed by atoms with Gasteiger partial charge in [-0.25, -0.2) is 9.59 Å². The minimum atomic E-state index is -1.57. The summed E-state index contributed by atoms with van der Waals surface area (Å²) < 4.78 is 4.74. The molecule has 5 heteroatoms. The Labute approximate surface area is 115 Å². The molecule has 0 rings (SSSR count). The molecule has 0 saturated heterocycles. The van der Waals surface area contributed by atoms with Crippen molar-refractivity contribution < 1.29 is 19.4 Å². The normalized spacial score (nSPS) is 14.5. The molecule has 0 aromatic rings. The molecule has 5 nitrogen and oxygen atoms in total. The standard InChI is InChI=1S/C14H27NO4/c1-6-7-8-9-15(4)14(12(16)17,10-11(2)3)13(18)19-5/h11H,6-10H2,1-5H3,(H,16,17). The molecule has 1 atom stereocenters. The molecule has 0 amide bonds. The zero-order chi connectivity index (χ0) is 15.1. The van der Waals surface area contributed by atoms with Gasteiger partial charge in [-0.3, -0.25) is 4.90 Å². The van der Waals surface area contributed by atoms with Crippen molar-refractivity contribution >= 4 is 11.9 Å². The second-order valence-corrected chi connectivity index (χ2v) is 5.38. The summed E-state index contributed by atoms with van der Waals surface area (Å²) >= 11 is 0. The van der Waals surface area contributed by atoms with E-state index in [4.69, 9.17) is 4.74 Å². The summed E-state index contributed by atoms with van der Waals surface area (Å²) in [4.78, 5) is 25.4. The van der Waals surface area contributed by atoms with E-state index in [0.717, 1.165) is 19.3 Å². The lowest BCUT2D eigenvalue weighted by atomic mass is 9.87. The first kappa shape index (κ1) is 17.9. The fraction of sp³-hybridized carbons (Fsp3) is 0.857. The Morgan fingerprint density at radius 1 is 1.32 bits per heavy atom. The van der Waals surface area contributed by atoms with E-state index in [-0.39, 0.29) is 12.3 Å². The highest BCUT2D eigenvalue weighted by Crippen LogP contribution is 2.26. The van der Waals surface area contributed by atoms with E-state index in [0.29, 0.717) is 6.54 Å². The van der Waals surface area contributed by atoms with Crippen LogP contribution in [0.2, 0.25) is 0 Å². The highest BCUT2D eigenvalue weighted by Gasteiger charge is 2.51. The first-order valence-corrected chi connectivity index (χ1v) is 6.85. The van der Waals surface area contributed by atoms with Crippen molar-refractivity contribution in [2.75, 3.05) is 20.7 Å². The van der Waals surface area contributed by atoms with Gasteiger partial charge < -0.3 is 9.84 Å². The second kappa shape index (κ2) is 8.15. The molecule has 0 fully saturated rings. The van der Waals surface area contributed by atoms with E-state index in [9.17, 15) is 14.7 Å². The third-order valence-corrected chi connectivity index (χ3v) is 3.33. The van der Waals surface area contributed by atoms with Crippen LogP contribution in [-0.2, 0) is 14.3 Å². The van der Waals surface area contributed by atoms with Crippen molar-refractivity contribution in [1.29, 1.82) is 0 Å². The van der Waals surface area contributed by atoms with Gasteiger partial charge in [0.2, 0.25) is 5.54 Å². The van der Waals surface area contributed by atoms with Crippen molar-refractivity contribution in [1.82, 2.24) is 4.90 Å². The largest absolute Gasteiger partial charge is 0.479 e. The van der Waals surface area contributed by atoms with E-state index >= 15 is 0 Å². The van der Waals surface area contributed by atoms with Gasteiger partial charge in [-0.05, 0) is 32.4 Å². The minimum absolute atomic E-state index is 0.0869. The molecule has 0 aliphatic heterocycles. The van der Waals surface area contributed by atoms with E-state index in [1.54, 1.807) is 11.9 Å². The van der Waals surface area contributed by atoms with Gasteiger partial charge in [0, 0.05) is 0 Å². The van der Waals surface area contributed by atoms with Crippen LogP contribution >= 0.6 is 0 Å². The van der Waals surface area contributed by atoms with Crippen LogP contribution in [0.3, 0.4) is 0 Å². The molecular weight excluding hydrogens is 246 g/mol. The van der Waals surface area contributed by atoms with Crippen molar-refractivity contribution in [3.63, 3.8) is 0 Å². The van der Waals surface area contributed by atoms with Crippen molar-refractivity contribution in [3.8, 4) is 0 Å². The van der Waals surface area contributed by atoms with Crippen LogP contribution in [0.1, 0.15) is 46.5 Å². The first-order chi connectivity index (χ1) is 8.82. The van der Waals surface area contributed by atoms with Crippen molar-refractivity contribution in [2.45, 2.75) is 52.0 Å². The third kappa shape index (κ3) is 4.49. The molecule has 0 bridgehead atoms. The molecule has 0 saturated carbocycles. The van der Waals surface area contributed by atoms with Crippen molar-refractivity contribution in [2.24, 2.45) is 5.92 Å². The maximum atomic E-state index is 12.0. The molecule has 0 aromatic heterocycles. The lowest BCUT2D eigenvalue weighted by molar-refractivity contribution is -0.170. The molecule has 0 aromatic carbocycles. The number of hydrogen-bond donors (Lipinski definition) is 1. The molecular formula is C14H27NO4. The average Bonchev–Trinajstić information content (AvgIpc) is 2.34. The molecule has 1 N–H and O–H groups in total. The number of carboxylic acid groups (broad SMARTS) is 1. The maximum Gasteiger partial charge on any atom is 0.338 e. The Kier molecular flexibility index (Phi) is 7.68. The Morgan fingerprint density at radius 3 is 2.26 bits per heavy atom. The maximum absolute atomic E-state index is 12.0. The second-order valence-electron chi connectivity index (χ2n) is 5.38. The van der Waals surface area contributed by atoms with Crippen LogP contribution in [0.15, 0.2) is 0 Å². The number of methoxy groups -OCH3 is 1. The van der Waals surface area contributed by atoms with Crippen LogP contribution < -0.4 is 0 Å². The van der Waals surface area contributed by atoms with E-state index in [1.807, 2.05) is 13.8 Å². The average molecular weight is 273 g/mol. The minimum Gasteiger partial charge on any atom is -0.479 e. The molecule has 0 aliphatic rings. The Morgan fingerprint density at radius 2 is 1.89 bits per heavy atom. The Balaban J connectivity index is 5.19. The number of carbonyl (C=O) groups excluding carboxylic acids is 1. The smallest absolute Gasteiger partial charge is 0.338 e. The molecule has 0 aliphatic carbocycles. The number of hydrogen-bond acceptors (Lipinski definition) is 4. The van der Waals surface area contributed by atoms with Gasteiger partial charge in [-0.15, -0.1) is 0 Å². The summed E-state index contributed by atoms with van der Waals surface area (Å²) in [5.74, 6) is -1.73. The van der Waals surface area contributed by atoms with E-state index in [1.165, 1.54) is 7.11 Å². The topological polar surface area (TPSA) is 66.8 Å². The first-order valence-electron chi connectivity index (χ1n) is 6.85. The molecule has 0 spiro atoms. The van der Waals surface area contributed by atoms with Crippen LogP contribution in [0.25, 0.3) is 0 Å². The van der Waals surface area contributed by atoms with Gasteiger partial charge in [0.1, 0.15) is 0 Å². The van der Waals surface area contributed by atoms with Crippen molar-refractivity contribution in [3.05, 3.63) is 0 Å². The summed E-state index contributed by atoms with van der Waals surface area (Å²) in [6, 6.07) is 0.